The van der Waals surface area contributed by atoms with E-state index in [9.17, 15) is 0 Å². The number of hydrogen-bond donors (Lipinski definition) is 0. The van der Waals surface area contributed by atoms with Crippen molar-refractivity contribution in [3.05, 3.63) is 198 Å². The van der Waals surface area contributed by atoms with Gasteiger partial charge in [-0.1, -0.05) is 0 Å². The first-order valence-electron chi connectivity index (χ1n) is 19.9. The molecule has 0 unspecified atom stereocenters. The molecule has 296 valence electrons. The molecule has 0 aromatic heterocycles. The summed E-state index contributed by atoms with van der Waals surface area (Å²) in [6.45, 7) is 14.1. The molecule has 0 nitrogen and oxygen atoms in total. The van der Waals surface area contributed by atoms with Crippen molar-refractivity contribution in [2.45, 2.75) is 75.3 Å². The maximum atomic E-state index is 6.50. The molecule has 0 bridgehead atoms. The minimum Gasteiger partial charge on any atom is -0.147 e. The third-order valence-electron chi connectivity index (χ3n) is 11.5. The fraction of sp³-hybridized carbons (Fsp3) is 0.226. The molecule has 0 heterocycles. The number of benzene rings is 6. The van der Waals surface area contributed by atoms with Crippen LogP contribution in [-0.4, -0.2) is 3.21 Å². The number of halogens is 4. The minimum absolute atomic E-state index is 0. The van der Waals surface area contributed by atoms with Gasteiger partial charge in [-0.05, 0) is 0 Å². The molecule has 0 saturated heterocycles. The van der Waals surface area contributed by atoms with E-state index in [0.717, 1.165) is 29.3 Å². The van der Waals surface area contributed by atoms with Gasteiger partial charge in [-0.3, -0.25) is 0 Å². The molecule has 58 heavy (non-hydrogen) atoms. The van der Waals surface area contributed by atoms with E-state index in [1.807, 2.05) is 24.3 Å². The van der Waals surface area contributed by atoms with Crippen molar-refractivity contribution in [1.29, 1.82) is 0 Å². The smallest absolute Gasteiger partial charge is 0.147 e. The monoisotopic (exact) mass is 918 g/mol. The van der Waals surface area contributed by atoms with E-state index >= 15 is 0 Å². The van der Waals surface area contributed by atoms with E-state index < -0.39 is 21.3 Å². The maximum absolute atomic E-state index is 6.50. The third kappa shape index (κ3) is 9.21. The average Bonchev–Trinajstić information content (AvgIpc) is 3.81. The van der Waals surface area contributed by atoms with Crippen LogP contribution in [0.4, 0.5) is 0 Å². The van der Waals surface area contributed by atoms with E-state index in [4.69, 9.17) is 23.2 Å². The van der Waals surface area contributed by atoms with Crippen molar-refractivity contribution in [1.82, 2.24) is 0 Å². The second-order valence-corrected chi connectivity index (χ2v) is 25.2. The molecule has 0 atom stereocenters. The molecular formula is C53H52Cl4Zr. The topological polar surface area (TPSA) is 0 Å². The van der Waals surface area contributed by atoms with E-state index in [1.54, 1.807) is 6.49 Å². The van der Waals surface area contributed by atoms with Crippen molar-refractivity contribution >= 4 is 51.2 Å². The largest absolute Gasteiger partial charge is 0.147 e. The summed E-state index contributed by atoms with van der Waals surface area (Å²) >= 11 is 10.2. The molecule has 0 radical (unpaired) electrons. The Morgan fingerprint density at radius 3 is 1.33 bits per heavy atom. The van der Waals surface area contributed by atoms with Gasteiger partial charge < -0.3 is 0 Å². The zero-order valence-corrected chi connectivity index (χ0v) is 39.8. The first kappa shape index (κ1) is 44.3. The Bertz CT molecular complexity index is 2340. The SMILES string of the molecule is CC(C)(C)c1cc2c(cc1-c1ccc(Cl)cc1)[CH]([Zr]([C]1=CC=CC1)=[C](Cc1ccccc1)Cc1ccccc1)c1cc(-c3ccc(Cl)cc3)c(C(C)(C)C)cc1-2.Cl.Cl. The zero-order valence-electron chi connectivity index (χ0n) is 34.2. The van der Waals surface area contributed by atoms with Gasteiger partial charge in [0.15, 0.2) is 0 Å². The van der Waals surface area contributed by atoms with E-state index in [2.05, 4.69) is 169 Å². The Balaban J connectivity index is 0.00000283. The van der Waals surface area contributed by atoms with Gasteiger partial charge in [-0.25, -0.2) is 0 Å². The predicted molar refractivity (Wildman–Crippen MR) is 254 cm³/mol. The summed E-state index contributed by atoms with van der Waals surface area (Å²) in [7, 11) is 0. The van der Waals surface area contributed by atoms with Gasteiger partial charge in [-0.2, -0.15) is 0 Å². The molecule has 6 aromatic carbocycles. The Morgan fingerprint density at radius 1 is 0.552 bits per heavy atom. The van der Waals surface area contributed by atoms with Crippen LogP contribution < -0.4 is 0 Å². The molecule has 2 aliphatic rings. The van der Waals surface area contributed by atoms with Crippen molar-refractivity contribution < 1.29 is 21.3 Å². The molecule has 0 aliphatic heterocycles. The summed E-state index contributed by atoms with van der Waals surface area (Å²) in [5.74, 6) is 0. The molecule has 6 aromatic rings. The standard InChI is InChI=1S/C33H31Cl2.C15H14.C5H5.2ClH.Zr/c1-32(2,3)30-18-26-22(16-28(30)20-7-11-24(34)12-8-20)15-23-17-29(21-9-13-25(35)14-10-21)31(19-27(23)26)33(4,5)6;1-3-8-14(9-4-1)12-7-13-15-10-5-2-6-11-15;1-2-4-5-3-1;;;/h7-19H,1-6H3;1-6,8-11H,12-13H2;1-3H,4H2;2*1H;. The molecule has 0 amide bonds. The normalized spacial score (nSPS) is 13.3. The van der Waals surface area contributed by atoms with Crippen molar-refractivity contribution in [3.8, 4) is 33.4 Å². The Kier molecular flexibility index (Phi) is 13.8. The van der Waals surface area contributed by atoms with Gasteiger partial charge >= 0.3 is 355 Å². The van der Waals surface area contributed by atoms with E-state index in [0.29, 0.717) is 3.63 Å². The van der Waals surface area contributed by atoms with Crippen LogP contribution in [0.5, 0.6) is 0 Å². The molecule has 2 aliphatic carbocycles. The summed E-state index contributed by atoms with van der Waals surface area (Å²) in [6.07, 6.45) is 10.2. The number of fused-ring (bicyclic) bond motifs is 3. The van der Waals surface area contributed by atoms with Crippen LogP contribution in [0, 0.1) is 0 Å². The second kappa shape index (κ2) is 18.1. The van der Waals surface area contributed by atoms with Crippen molar-refractivity contribution in [3.63, 3.8) is 0 Å². The average molecular weight is 922 g/mol. The van der Waals surface area contributed by atoms with Gasteiger partial charge in [0.2, 0.25) is 0 Å². The number of allylic oxidation sites excluding steroid dienone is 4. The fourth-order valence-corrected chi connectivity index (χ4v) is 18.3. The van der Waals surface area contributed by atoms with Crippen LogP contribution in [0.15, 0.2) is 155 Å². The summed E-state index contributed by atoms with van der Waals surface area (Å²) in [4.78, 5) is 0. The molecule has 8 rings (SSSR count). The first-order valence-corrected chi connectivity index (χ1v) is 24.5. The molecule has 0 N–H and O–H groups in total. The van der Waals surface area contributed by atoms with Crippen LogP contribution in [0.2, 0.25) is 10.0 Å². The molecule has 0 fully saturated rings. The number of hydrogen-bond acceptors (Lipinski definition) is 0. The zero-order chi connectivity index (χ0) is 39.2. The summed E-state index contributed by atoms with van der Waals surface area (Å²) < 4.78 is 3.72. The molecule has 0 spiro atoms. The maximum Gasteiger partial charge on any atom is -0.147 e. The van der Waals surface area contributed by atoms with Gasteiger partial charge in [0, 0.05) is 0 Å². The summed E-state index contributed by atoms with van der Waals surface area (Å²) in [5, 5.41) is 1.53. The van der Waals surface area contributed by atoms with Gasteiger partial charge in [0.25, 0.3) is 0 Å². The quantitative estimate of drug-likeness (QED) is 0.143. The third-order valence-corrected chi connectivity index (χ3v) is 20.3. The molecular weight excluding hydrogens is 870 g/mol. The Hall–Kier alpha value is -3.29. The van der Waals surface area contributed by atoms with Crippen LogP contribution >= 0.6 is 48.0 Å². The van der Waals surface area contributed by atoms with Gasteiger partial charge in [-0.15, -0.1) is 24.8 Å². The van der Waals surface area contributed by atoms with Gasteiger partial charge in [0.05, 0.1) is 0 Å². The first-order chi connectivity index (χ1) is 26.8. The van der Waals surface area contributed by atoms with Crippen LogP contribution in [0.1, 0.15) is 85.0 Å². The van der Waals surface area contributed by atoms with Crippen LogP contribution in [0.3, 0.4) is 0 Å². The van der Waals surface area contributed by atoms with E-state index in [1.165, 1.54) is 66.8 Å². The van der Waals surface area contributed by atoms with Crippen molar-refractivity contribution in [2.75, 3.05) is 0 Å². The Labute approximate surface area is 376 Å². The Morgan fingerprint density at radius 2 is 0.966 bits per heavy atom. The molecule has 0 saturated carbocycles. The second-order valence-electron chi connectivity index (χ2n) is 17.6. The summed E-state index contributed by atoms with van der Waals surface area (Å²) in [5.41, 5.74) is 16.3. The minimum atomic E-state index is -2.84. The van der Waals surface area contributed by atoms with Crippen LogP contribution in [-0.2, 0) is 44.9 Å². The summed E-state index contributed by atoms with van der Waals surface area (Å²) in [6, 6.07) is 49.7. The predicted octanol–water partition coefficient (Wildman–Crippen LogP) is 16.0. The number of rotatable bonds is 8. The fourth-order valence-electron chi connectivity index (χ4n) is 8.83. The van der Waals surface area contributed by atoms with E-state index in [-0.39, 0.29) is 35.6 Å². The molecule has 5 heteroatoms. The van der Waals surface area contributed by atoms with Crippen molar-refractivity contribution in [2.24, 2.45) is 0 Å². The van der Waals surface area contributed by atoms with Crippen LogP contribution in [0.25, 0.3) is 33.4 Å². The van der Waals surface area contributed by atoms with Gasteiger partial charge in [0.1, 0.15) is 0 Å².